The van der Waals surface area contributed by atoms with Crippen LogP contribution in [0.4, 0.5) is 0 Å². The first-order valence-corrected chi connectivity index (χ1v) is 4.59. The first-order chi connectivity index (χ1) is 4.72. The third-order valence-electron chi connectivity index (χ3n) is 1.77. The maximum Gasteiger partial charge on any atom is 0.107 e. The maximum absolute atomic E-state index is 5.95. The molecule has 0 N–H and O–H groups in total. The summed E-state index contributed by atoms with van der Waals surface area (Å²) >= 11 is 17.2. The van der Waals surface area contributed by atoms with Gasteiger partial charge in [0.15, 0.2) is 0 Å². The number of alkyl halides is 1. The van der Waals surface area contributed by atoms with Crippen LogP contribution >= 0.6 is 34.8 Å². The van der Waals surface area contributed by atoms with Gasteiger partial charge in [-0.2, -0.15) is 0 Å². The number of hydrogen-bond donors (Lipinski definition) is 0. The van der Waals surface area contributed by atoms with Gasteiger partial charge >= 0.3 is 0 Å². The molecule has 0 nitrogen and oxygen atoms in total. The quantitative estimate of drug-likeness (QED) is 0.520. The fourth-order valence-electron chi connectivity index (χ4n) is 1.18. The lowest BCUT2D eigenvalue weighted by atomic mass is 9.96. The molecular weight excluding hydrogens is 190 g/mol. The van der Waals surface area contributed by atoms with Crippen molar-refractivity contribution < 1.29 is 0 Å². The molecule has 1 saturated carbocycles. The van der Waals surface area contributed by atoms with Crippen LogP contribution < -0.4 is 0 Å². The van der Waals surface area contributed by atoms with E-state index in [4.69, 9.17) is 34.8 Å². The largest absolute Gasteiger partial charge is 0.118 e. The molecule has 1 fully saturated rings. The van der Waals surface area contributed by atoms with Gasteiger partial charge in [-0.15, -0.1) is 11.6 Å². The lowest BCUT2D eigenvalue weighted by Gasteiger charge is -2.19. The molecule has 0 saturated heterocycles. The molecule has 0 radical (unpaired) electrons. The summed E-state index contributed by atoms with van der Waals surface area (Å²) in [6, 6.07) is 0. The van der Waals surface area contributed by atoms with Gasteiger partial charge in [-0.25, -0.2) is 0 Å². The standard InChI is InChI=1S/C7H9Cl3/c8-6-4-2-1-3-5(6)7(9)10/h6H,1-4H2. The minimum absolute atomic E-state index is 0.0822. The number of halogens is 3. The normalized spacial score (nSPS) is 26.7. The first kappa shape index (κ1) is 8.70. The van der Waals surface area contributed by atoms with Crippen LogP contribution in [0.1, 0.15) is 25.7 Å². The van der Waals surface area contributed by atoms with E-state index in [1.165, 1.54) is 12.8 Å². The molecule has 0 aromatic rings. The van der Waals surface area contributed by atoms with Crippen molar-refractivity contribution in [2.45, 2.75) is 31.1 Å². The zero-order valence-corrected chi connectivity index (χ0v) is 7.81. The third kappa shape index (κ3) is 2.05. The van der Waals surface area contributed by atoms with Crippen molar-refractivity contribution in [3.05, 3.63) is 10.1 Å². The number of rotatable bonds is 0. The zero-order chi connectivity index (χ0) is 7.56. The van der Waals surface area contributed by atoms with E-state index in [1.807, 2.05) is 0 Å². The highest BCUT2D eigenvalue weighted by molar-refractivity contribution is 6.56. The summed E-state index contributed by atoms with van der Waals surface area (Å²) in [7, 11) is 0. The molecule has 10 heavy (non-hydrogen) atoms. The minimum atomic E-state index is 0.0822. The molecule has 1 aliphatic rings. The lowest BCUT2D eigenvalue weighted by Crippen LogP contribution is -2.09. The predicted octanol–water partition coefficient (Wildman–Crippen LogP) is 3.86. The van der Waals surface area contributed by atoms with Gasteiger partial charge in [0, 0.05) is 0 Å². The van der Waals surface area contributed by atoms with Crippen molar-refractivity contribution in [2.24, 2.45) is 0 Å². The first-order valence-electron chi connectivity index (χ1n) is 3.40. The Bertz CT molecular complexity index is 147. The molecule has 0 bridgehead atoms. The molecule has 3 heteroatoms. The Morgan fingerprint density at radius 3 is 2.40 bits per heavy atom. The van der Waals surface area contributed by atoms with E-state index < -0.39 is 0 Å². The Labute approximate surface area is 76.1 Å². The van der Waals surface area contributed by atoms with Crippen LogP contribution in [0, 0.1) is 0 Å². The Kier molecular flexibility index (Phi) is 3.35. The zero-order valence-electron chi connectivity index (χ0n) is 5.54. The SMILES string of the molecule is ClC(Cl)=C1CCCCC1Cl. The number of hydrogen-bond acceptors (Lipinski definition) is 0. The van der Waals surface area contributed by atoms with Crippen molar-refractivity contribution in [1.82, 2.24) is 0 Å². The fourth-order valence-corrected chi connectivity index (χ4v) is 2.12. The van der Waals surface area contributed by atoms with Gasteiger partial charge in [-0.1, -0.05) is 29.6 Å². The summed E-state index contributed by atoms with van der Waals surface area (Å²) in [5.41, 5.74) is 1.02. The van der Waals surface area contributed by atoms with Crippen molar-refractivity contribution in [3.8, 4) is 0 Å². The summed E-state index contributed by atoms with van der Waals surface area (Å²) in [5, 5.41) is 0.0822. The Morgan fingerprint density at radius 2 is 2.00 bits per heavy atom. The molecule has 0 aromatic carbocycles. The summed E-state index contributed by atoms with van der Waals surface area (Å²) in [5.74, 6) is 0. The Hall–Kier alpha value is 0.610. The van der Waals surface area contributed by atoms with Crippen LogP contribution in [-0.4, -0.2) is 5.38 Å². The summed E-state index contributed by atoms with van der Waals surface area (Å²) in [4.78, 5) is 0. The predicted molar refractivity (Wildman–Crippen MR) is 46.8 cm³/mol. The smallest absolute Gasteiger partial charge is 0.107 e. The molecular formula is C7H9Cl3. The van der Waals surface area contributed by atoms with Crippen LogP contribution in [0.5, 0.6) is 0 Å². The van der Waals surface area contributed by atoms with Gasteiger partial charge in [0.1, 0.15) is 4.49 Å². The van der Waals surface area contributed by atoms with E-state index >= 15 is 0 Å². The molecule has 0 spiro atoms. The van der Waals surface area contributed by atoms with Crippen LogP contribution in [-0.2, 0) is 0 Å². The molecule has 0 heterocycles. The van der Waals surface area contributed by atoms with Crippen LogP contribution in [0.25, 0.3) is 0 Å². The van der Waals surface area contributed by atoms with E-state index in [1.54, 1.807) is 0 Å². The molecule has 1 unspecified atom stereocenters. The topological polar surface area (TPSA) is 0 Å². The van der Waals surface area contributed by atoms with Gasteiger partial charge < -0.3 is 0 Å². The van der Waals surface area contributed by atoms with Gasteiger partial charge in [-0.05, 0) is 24.8 Å². The maximum atomic E-state index is 5.95. The highest BCUT2D eigenvalue weighted by Crippen LogP contribution is 2.32. The van der Waals surface area contributed by atoms with Gasteiger partial charge in [-0.3, -0.25) is 0 Å². The average Bonchev–Trinajstić information content (AvgIpc) is 1.88. The van der Waals surface area contributed by atoms with E-state index in [0.717, 1.165) is 18.4 Å². The molecule has 1 rings (SSSR count). The summed E-state index contributed by atoms with van der Waals surface area (Å²) < 4.78 is 0.375. The summed E-state index contributed by atoms with van der Waals surface area (Å²) in [6.45, 7) is 0. The third-order valence-corrected chi connectivity index (χ3v) is 2.74. The highest BCUT2D eigenvalue weighted by Gasteiger charge is 2.18. The molecule has 0 aliphatic heterocycles. The molecule has 1 atom stereocenters. The van der Waals surface area contributed by atoms with Crippen molar-refractivity contribution in [1.29, 1.82) is 0 Å². The van der Waals surface area contributed by atoms with Crippen molar-refractivity contribution >= 4 is 34.8 Å². The molecule has 58 valence electrons. The second kappa shape index (κ2) is 3.85. The summed E-state index contributed by atoms with van der Waals surface area (Å²) in [6.07, 6.45) is 4.34. The molecule has 0 aromatic heterocycles. The van der Waals surface area contributed by atoms with E-state index in [0.29, 0.717) is 4.49 Å². The molecule has 1 aliphatic carbocycles. The average molecular weight is 200 g/mol. The minimum Gasteiger partial charge on any atom is -0.118 e. The second-order valence-corrected chi connectivity index (χ2v) is 3.98. The monoisotopic (exact) mass is 198 g/mol. The van der Waals surface area contributed by atoms with Crippen molar-refractivity contribution in [2.75, 3.05) is 0 Å². The van der Waals surface area contributed by atoms with Gasteiger partial charge in [0.2, 0.25) is 0 Å². The van der Waals surface area contributed by atoms with E-state index in [9.17, 15) is 0 Å². The van der Waals surface area contributed by atoms with E-state index in [-0.39, 0.29) is 5.38 Å². The van der Waals surface area contributed by atoms with Crippen molar-refractivity contribution in [3.63, 3.8) is 0 Å². The van der Waals surface area contributed by atoms with Crippen LogP contribution in [0.15, 0.2) is 10.1 Å². The fraction of sp³-hybridized carbons (Fsp3) is 0.714. The van der Waals surface area contributed by atoms with Gasteiger partial charge in [0.25, 0.3) is 0 Å². The van der Waals surface area contributed by atoms with Crippen LogP contribution in [0.2, 0.25) is 0 Å². The van der Waals surface area contributed by atoms with Crippen LogP contribution in [0.3, 0.4) is 0 Å². The second-order valence-electron chi connectivity index (χ2n) is 2.50. The number of allylic oxidation sites excluding steroid dienone is 1. The molecule has 0 amide bonds. The Morgan fingerprint density at radius 1 is 1.30 bits per heavy atom. The van der Waals surface area contributed by atoms with E-state index in [2.05, 4.69) is 0 Å². The van der Waals surface area contributed by atoms with Gasteiger partial charge in [0.05, 0.1) is 5.38 Å². The lowest BCUT2D eigenvalue weighted by molar-refractivity contribution is 0.604. The Balaban J connectivity index is 2.65. The highest BCUT2D eigenvalue weighted by atomic mass is 35.5.